The molecule has 2 rings (SSSR count). The van der Waals surface area contributed by atoms with Crippen LogP contribution in [0.15, 0.2) is 12.3 Å². The summed E-state index contributed by atoms with van der Waals surface area (Å²) in [5.74, 6) is -0.260. The van der Waals surface area contributed by atoms with Crippen LogP contribution in [-0.4, -0.2) is 34.5 Å². The van der Waals surface area contributed by atoms with E-state index in [-0.39, 0.29) is 11.6 Å². The molecule has 1 heterocycles. The van der Waals surface area contributed by atoms with Crippen molar-refractivity contribution in [2.45, 2.75) is 38.8 Å². The number of nitrogens with one attached hydrogen (secondary N) is 2. The van der Waals surface area contributed by atoms with Crippen LogP contribution in [0.4, 0.5) is 5.69 Å². The van der Waals surface area contributed by atoms with Crippen LogP contribution in [0.5, 0.6) is 0 Å². The van der Waals surface area contributed by atoms with Gasteiger partial charge in [0, 0.05) is 31.7 Å². The normalized spacial score (nSPS) is 14.2. The Morgan fingerprint density at radius 2 is 2.25 bits per heavy atom. The molecule has 1 saturated carbocycles. The topological polar surface area (TPSA) is 89.2 Å². The van der Waals surface area contributed by atoms with Gasteiger partial charge >= 0.3 is 0 Å². The smallest absolute Gasteiger partial charge is 0.287 e. The van der Waals surface area contributed by atoms with Gasteiger partial charge in [0.05, 0.1) is 11.1 Å². The van der Waals surface area contributed by atoms with Crippen molar-refractivity contribution in [3.63, 3.8) is 0 Å². The zero-order chi connectivity index (χ0) is 14.5. The first-order valence-corrected chi connectivity index (χ1v) is 6.98. The van der Waals surface area contributed by atoms with E-state index in [0.29, 0.717) is 24.8 Å². The van der Waals surface area contributed by atoms with Gasteiger partial charge in [-0.15, -0.1) is 0 Å². The highest BCUT2D eigenvalue weighted by atomic mass is 16.6. The van der Waals surface area contributed by atoms with Gasteiger partial charge in [0.1, 0.15) is 5.69 Å². The highest BCUT2D eigenvalue weighted by Crippen LogP contribution is 2.18. The SMILES string of the molecule is CCCn1cc([N+](=O)[O-])cc1C(=O)NCCNC1CC1. The van der Waals surface area contributed by atoms with Crippen LogP contribution >= 0.6 is 0 Å². The maximum Gasteiger partial charge on any atom is 0.287 e. The molecule has 1 aromatic rings. The van der Waals surface area contributed by atoms with E-state index in [4.69, 9.17) is 0 Å². The number of aryl methyl sites for hydroxylation is 1. The molecule has 0 spiro atoms. The van der Waals surface area contributed by atoms with Gasteiger partial charge in [-0.05, 0) is 19.3 Å². The summed E-state index contributed by atoms with van der Waals surface area (Å²) in [6, 6.07) is 1.94. The Balaban J connectivity index is 1.93. The number of hydrogen-bond acceptors (Lipinski definition) is 4. The summed E-state index contributed by atoms with van der Waals surface area (Å²) < 4.78 is 1.64. The Bertz CT molecular complexity index is 494. The molecule has 7 heteroatoms. The summed E-state index contributed by atoms with van der Waals surface area (Å²) in [5.41, 5.74) is 0.310. The summed E-state index contributed by atoms with van der Waals surface area (Å²) in [7, 11) is 0. The highest BCUT2D eigenvalue weighted by Gasteiger charge is 2.21. The molecule has 1 aromatic heterocycles. The quantitative estimate of drug-likeness (QED) is 0.426. The van der Waals surface area contributed by atoms with Gasteiger partial charge < -0.3 is 15.2 Å². The van der Waals surface area contributed by atoms with Gasteiger partial charge in [-0.3, -0.25) is 14.9 Å². The maximum absolute atomic E-state index is 12.1. The van der Waals surface area contributed by atoms with E-state index >= 15 is 0 Å². The van der Waals surface area contributed by atoms with Crippen LogP contribution in [0.25, 0.3) is 0 Å². The Morgan fingerprint density at radius 3 is 2.85 bits per heavy atom. The molecule has 1 aliphatic rings. The van der Waals surface area contributed by atoms with Crippen molar-refractivity contribution in [1.82, 2.24) is 15.2 Å². The van der Waals surface area contributed by atoms with Gasteiger partial charge in [0.2, 0.25) is 0 Å². The lowest BCUT2D eigenvalue weighted by atomic mass is 10.3. The lowest BCUT2D eigenvalue weighted by molar-refractivity contribution is -0.384. The molecule has 0 unspecified atom stereocenters. The number of carbonyl (C=O) groups excluding carboxylic acids is 1. The minimum absolute atomic E-state index is 0.0419. The molecule has 0 aromatic carbocycles. The maximum atomic E-state index is 12.1. The van der Waals surface area contributed by atoms with E-state index in [1.54, 1.807) is 4.57 Å². The fourth-order valence-electron chi connectivity index (χ4n) is 2.04. The summed E-state index contributed by atoms with van der Waals surface area (Å²) in [5, 5.41) is 16.9. The molecule has 1 fully saturated rings. The fraction of sp³-hybridized carbons (Fsp3) is 0.615. The van der Waals surface area contributed by atoms with Crippen LogP contribution in [0.1, 0.15) is 36.7 Å². The first kappa shape index (κ1) is 14.5. The molecule has 110 valence electrons. The third kappa shape index (κ3) is 3.80. The number of nitro groups is 1. The van der Waals surface area contributed by atoms with Crippen molar-refractivity contribution >= 4 is 11.6 Å². The molecule has 1 aliphatic carbocycles. The van der Waals surface area contributed by atoms with E-state index < -0.39 is 4.92 Å². The van der Waals surface area contributed by atoms with Crippen molar-refractivity contribution < 1.29 is 9.72 Å². The minimum atomic E-state index is -0.475. The van der Waals surface area contributed by atoms with Crippen molar-refractivity contribution in [3.8, 4) is 0 Å². The summed E-state index contributed by atoms with van der Waals surface area (Å²) in [6.45, 7) is 3.82. The van der Waals surface area contributed by atoms with Crippen molar-refractivity contribution in [2.75, 3.05) is 13.1 Å². The second kappa shape index (κ2) is 6.51. The molecule has 0 saturated heterocycles. The number of nitrogens with zero attached hydrogens (tertiary/aromatic N) is 2. The van der Waals surface area contributed by atoms with E-state index in [1.807, 2.05) is 6.92 Å². The average Bonchev–Trinajstić information content (AvgIpc) is 3.13. The van der Waals surface area contributed by atoms with Gasteiger partial charge in [-0.2, -0.15) is 0 Å². The second-order valence-corrected chi connectivity index (χ2v) is 5.02. The number of rotatable bonds is 8. The van der Waals surface area contributed by atoms with Crippen molar-refractivity contribution in [1.29, 1.82) is 0 Å². The zero-order valence-electron chi connectivity index (χ0n) is 11.6. The second-order valence-electron chi connectivity index (χ2n) is 5.02. The molecule has 0 atom stereocenters. The van der Waals surface area contributed by atoms with E-state index in [0.717, 1.165) is 13.0 Å². The zero-order valence-corrected chi connectivity index (χ0v) is 11.6. The molecular weight excluding hydrogens is 260 g/mol. The van der Waals surface area contributed by atoms with Crippen LogP contribution in [0, 0.1) is 10.1 Å². The predicted octanol–water partition coefficient (Wildman–Crippen LogP) is 1.29. The van der Waals surface area contributed by atoms with Crippen LogP contribution in [0.3, 0.4) is 0 Å². The van der Waals surface area contributed by atoms with Crippen molar-refractivity contribution in [2.24, 2.45) is 0 Å². The summed E-state index contributed by atoms with van der Waals surface area (Å²) in [4.78, 5) is 22.4. The fourth-order valence-corrected chi connectivity index (χ4v) is 2.04. The molecular formula is C13H20N4O3. The van der Waals surface area contributed by atoms with Crippen molar-refractivity contribution in [3.05, 3.63) is 28.1 Å². The molecule has 2 N–H and O–H groups in total. The minimum Gasteiger partial charge on any atom is -0.349 e. The summed E-state index contributed by atoms with van der Waals surface area (Å²) in [6.07, 6.45) is 4.65. The molecule has 0 radical (unpaired) electrons. The van der Waals surface area contributed by atoms with E-state index in [1.165, 1.54) is 25.1 Å². The van der Waals surface area contributed by atoms with E-state index in [9.17, 15) is 14.9 Å². The first-order chi connectivity index (χ1) is 9.61. The number of hydrogen-bond donors (Lipinski definition) is 2. The Morgan fingerprint density at radius 1 is 1.50 bits per heavy atom. The number of carbonyl (C=O) groups is 1. The predicted molar refractivity (Wildman–Crippen MR) is 74.7 cm³/mol. The third-order valence-electron chi connectivity index (χ3n) is 3.21. The average molecular weight is 280 g/mol. The highest BCUT2D eigenvalue weighted by molar-refractivity contribution is 5.93. The third-order valence-corrected chi connectivity index (χ3v) is 3.21. The van der Waals surface area contributed by atoms with Gasteiger partial charge in [-0.1, -0.05) is 6.92 Å². The largest absolute Gasteiger partial charge is 0.349 e. The van der Waals surface area contributed by atoms with Crippen LogP contribution in [-0.2, 0) is 6.54 Å². The monoisotopic (exact) mass is 280 g/mol. The molecule has 0 aliphatic heterocycles. The standard InChI is InChI=1S/C13H20N4O3/c1-2-7-16-9-11(17(19)20)8-12(16)13(18)15-6-5-14-10-3-4-10/h8-10,14H,2-7H2,1H3,(H,15,18). The molecule has 7 nitrogen and oxygen atoms in total. The lowest BCUT2D eigenvalue weighted by Gasteiger charge is -2.08. The lowest BCUT2D eigenvalue weighted by Crippen LogP contribution is -2.33. The Labute approximate surface area is 117 Å². The number of amides is 1. The van der Waals surface area contributed by atoms with Gasteiger partial charge in [0.25, 0.3) is 11.6 Å². The van der Waals surface area contributed by atoms with E-state index in [2.05, 4.69) is 10.6 Å². The molecule has 1 amide bonds. The van der Waals surface area contributed by atoms with Gasteiger partial charge in [0.15, 0.2) is 0 Å². The first-order valence-electron chi connectivity index (χ1n) is 6.98. The van der Waals surface area contributed by atoms with Crippen LogP contribution < -0.4 is 10.6 Å². The summed E-state index contributed by atoms with van der Waals surface area (Å²) >= 11 is 0. The Hall–Kier alpha value is -1.89. The molecule has 0 bridgehead atoms. The Kier molecular flexibility index (Phi) is 4.73. The van der Waals surface area contributed by atoms with Gasteiger partial charge in [-0.25, -0.2) is 0 Å². The number of aromatic nitrogens is 1. The van der Waals surface area contributed by atoms with Crippen LogP contribution in [0.2, 0.25) is 0 Å². The molecule has 20 heavy (non-hydrogen) atoms.